The molecular weight excluding hydrogens is 386 g/mol. The van der Waals surface area contributed by atoms with Gasteiger partial charge in [-0.05, 0) is 56.1 Å². The number of nitrogens with zero attached hydrogens (tertiary/aromatic N) is 3. The first-order valence-electron chi connectivity index (χ1n) is 11.1. The van der Waals surface area contributed by atoms with Gasteiger partial charge in [-0.3, -0.25) is 4.90 Å². The van der Waals surface area contributed by atoms with Crippen LogP contribution in [0.1, 0.15) is 36.6 Å². The van der Waals surface area contributed by atoms with E-state index in [-0.39, 0.29) is 0 Å². The monoisotopic (exact) mass is 417 g/mol. The molecule has 1 fully saturated rings. The van der Waals surface area contributed by atoms with Gasteiger partial charge in [0.05, 0.1) is 18.8 Å². The van der Waals surface area contributed by atoms with Gasteiger partial charge in [-0.15, -0.1) is 0 Å². The van der Waals surface area contributed by atoms with Crippen molar-refractivity contribution < 1.29 is 4.42 Å². The summed E-state index contributed by atoms with van der Waals surface area (Å²) in [6.07, 6.45) is 4.35. The van der Waals surface area contributed by atoms with Crippen molar-refractivity contribution in [1.29, 1.82) is 0 Å². The first kappa shape index (κ1) is 21.1. The lowest BCUT2D eigenvalue weighted by molar-refractivity contribution is 0.331. The van der Waals surface area contributed by atoms with Crippen molar-refractivity contribution in [3.8, 4) is 11.5 Å². The molecule has 3 aromatic rings. The molecule has 0 aliphatic carbocycles. The highest BCUT2D eigenvalue weighted by Crippen LogP contribution is 2.18. The molecule has 1 aliphatic rings. The van der Waals surface area contributed by atoms with Crippen LogP contribution in [0.2, 0.25) is 0 Å². The van der Waals surface area contributed by atoms with Crippen molar-refractivity contribution in [2.45, 2.75) is 39.4 Å². The number of aliphatic imine (C=N–C) groups is 1. The van der Waals surface area contributed by atoms with Crippen LogP contribution in [0.4, 0.5) is 0 Å². The average molecular weight is 418 g/mol. The number of oxazole rings is 1. The normalized spacial score (nSPS) is 14.7. The molecule has 31 heavy (non-hydrogen) atoms. The molecular formula is C25H31N5O. The van der Waals surface area contributed by atoms with Crippen molar-refractivity contribution in [3.63, 3.8) is 0 Å². The Bertz CT molecular complexity index is 959. The van der Waals surface area contributed by atoms with Gasteiger partial charge in [-0.25, -0.2) is 9.98 Å². The van der Waals surface area contributed by atoms with Crippen LogP contribution in [0, 0.1) is 0 Å². The van der Waals surface area contributed by atoms with Gasteiger partial charge < -0.3 is 15.1 Å². The van der Waals surface area contributed by atoms with E-state index in [2.05, 4.69) is 51.7 Å². The standard InChI is InChI=1S/C25H31N5O/c1-2-26-25(28-17-23-19-31-24(29-23)22-8-4-3-5-9-22)27-16-20-10-12-21(13-11-20)18-30-14-6-7-15-30/h3-5,8-13,19H,2,6-7,14-18H2,1H3,(H2,26,27,28). The Labute approximate surface area is 184 Å². The summed E-state index contributed by atoms with van der Waals surface area (Å²) >= 11 is 0. The SMILES string of the molecule is CCNC(=NCc1ccc(CN2CCCC2)cc1)NCc1coc(-c2ccccc2)n1. The van der Waals surface area contributed by atoms with Gasteiger partial charge in [0.15, 0.2) is 5.96 Å². The Kier molecular flexibility index (Phi) is 7.34. The number of nitrogens with one attached hydrogen (secondary N) is 2. The Balaban J connectivity index is 1.31. The summed E-state index contributed by atoms with van der Waals surface area (Å²) < 4.78 is 5.62. The highest BCUT2D eigenvalue weighted by molar-refractivity contribution is 5.79. The maximum atomic E-state index is 5.62. The third kappa shape index (κ3) is 6.18. The van der Waals surface area contributed by atoms with Gasteiger partial charge in [0.25, 0.3) is 0 Å². The minimum Gasteiger partial charge on any atom is -0.444 e. The Hall–Kier alpha value is -3.12. The first-order valence-corrected chi connectivity index (χ1v) is 11.1. The molecule has 0 spiro atoms. The van der Waals surface area contributed by atoms with Crippen LogP contribution in [0.3, 0.4) is 0 Å². The topological polar surface area (TPSA) is 65.7 Å². The Morgan fingerprint density at radius 1 is 1.00 bits per heavy atom. The van der Waals surface area contributed by atoms with Crippen LogP contribution in [0.25, 0.3) is 11.5 Å². The number of hydrogen-bond donors (Lipinski definition) is 2. The molecule has 1 aromatic heterocycles. The Morgan fingerprint density at radius 3 is 2.48 bits per heavy atom. The van der Waals surface area contributed by atoms with Gasteiger partial charge in [-0.1, -0.05) is 42.5 Å². The van der Waals surface area contributed by atoms with Gasteiger partial charge in [-0.2, -0.15) is 0 Å². The number of benzene rings is 2. The van der Waals surface area contributed by atoms with E-state index in [1.165, 1.54) is 37.1 Å². The van der Waals surface area contributed by atoms with Crippen molar-refractivity contribution in [2.75, 3.05) is 19.6 Å². The number of aromatic nitrogens is 1. The van der Waals surface area contributed by atoms with E-state index < -0.39 is 0 Å². The summed E-state index contributed by atoms with van der Waals surface area (Å²) in [5.41, 5.74) is 4.40. The summed E-state index contributed by atoms with van der Waals surface area (Å²) in [5.74, 6) is 1.40. The number of rotatable bonds is 8. The molecule has 2 heterocycles. The summed E-state index contributed by atoms with van der Waals surface area (Å²) in [6.45, 7) is 7.55. The molecule has 4 rings (SSSR count). The molecule has 0 saturated carbocycles. The second-order valence-corrected chi connectivity index (χ2v) is 7.86. The van der Waals surface area contributed by atoms with E-state index in [1.54, 1.807) is 6.26 Å². The average Bonchev–Trinajstić information content (AvgIpc) is 3.50. The fraction of sp³-hybridized carbons (Fsp3) is 0.360. The van der Waals surface area contributed by atoms with E-state index in [1.807, 2.05) is 30.3 Å². The quantitative estimate of drug-likeness (QED) is 0.425. The Morgan fingerprint density at radius 2 is 1.74 bits per heavy atom. The summed E-state index contributed by atoms with van der Waals surface area (Å²) in [5, 5.41) is 6.64. The van der Waals surface area contributed by atoms with Gasteiger partial charge in [0.1, 0.15) is 6.26 Å². The van der Waals surface area contributed by atoms with Crippen LogP contribution in [-0.2, 0) is 19.6 Å². The molecule has 0 unspecified atom stereocenters. The molecule has 1 aliphatic heterocycles. The molecule has 6 heteroatoms. The van der Waals surface area contributed by atoms with E-state index in [9.17, 15) is 0 Å². The zero-order valence-corrected chi connectivity index (χ0v) is 18.2. The zero-order valence-electron chi connectivity index (χ0n) is 18.2. The maximum Gasteiger partial charge on any atom is 0.226 e. The van der Waals surface area contributed by atoms with Crippen LogP contribution < -0.4 is 10.6 Å². The number of hydrogen-bond acceptors (Lipinski definition) is 4. The molecule has 0 amide bonds. The molecule has 6 nitrogen and oxygen atoms in total. The van der Waals surface area contributed by atoms with Crippen LogP contribution in [-0.4, -0.2) is 35.5 Å². The van der Waals surface area contributed by atoms with Crippen LogP contribution in [0.15, 0.2) is 70.3 Å². The van der Waals surface area contributed by atoms with E-state index in [0.717, 1.165) is 30.3 Å². The molecule has 2 aromatic carbocycles. The molecule has 2 N–H and O–H groups in total. The number of likely N-dealkylation sites (tertiary alicyclic amines) is 1. The molecule has 0 atom stereocenters. The lowest BCUT2D eigenvalue weighted by Gasteiger charge is -2.14. The van der Waals surface area contributed by atoms with E-state index >= 15 is 0 Å². The highest BCUT2D eigenvalue weighted by Gasteiger charge is 2.11. The lowest BCUT2D eigenvalue weighted by atomic mass is 10.1. The van der Waals surface area contributed by atoms with E-state index in [4.69, 9.17) is 9.41 Å². The fourth-order valence-electron chi connectivity index (χ4n) is 3.74. The second-order valence-electron chi connectivity index (χ2n) is 7.86. The predicted octanol–water partition coefficient (Wildman–Crippen LogP) is 4.19. The van der Waals surface area contributed by atoms with Crippen molar-refractivity contribution in [1.82, 2.24) is 20.5 Å². The number of guanidine groups is 1. The van der Waals surface area contributed by atoms with Gasteiger partial charge in [0.2, 0.25) is 5.89 Å². The third-order valence-electron chi connectivity index (χ3n) is 5.40. The largest absolute Gasteiger partial charge is 0.444 e. The molecule has 162 valence electrons. The fourth-order valence-corrected chi connectivity index (χ4v) is 3.74. The van der Waals surface area contributed by atoms with Crippen molar-refractivity contribution >= 4 is 5.96 Å². The third-order valence-corrected chi connectivity index (χ3v) is 5.40. The molecule has 0 radical (unpaired) electrons. The van der Waals surface area contributed by atoms with Crippen molar-refractivity contribution in [2.24, 2.45) is 4.99 Å². The van der Waals surface area contributed by atoms with E-state index in [0.29, 0.717) is 19.0 Å². The molecule has 1 saturated heterocycles. The first-order chi connectivity index (χ1) is 15.3. The predicted molar refractivity (Wildman–Crippen MR) is 125 cm³/mol. The van der Waals surface area contributed by atoms with Crippen LogP contribution in [0.5, 0.6) is 0 Å². The molecule has 0 bridgehead atoms. The summed E-state index contributed by atoms with van der Waals surface area (Å²) in [6, 6.07) is 18.7. The summed E-state index contributed by atoms with van der Waals surface area (Å²) in [7, 11) is 0. The van der Waals surface area contributed by atoms with Gasteiger partial charge in [0, 0.05) is 18.7 Å². The summed E-state index contributed by atoms with van der Waals surface area (Å²) in [4.78, 5) is 11.8. The van der Waals surface area contributed by atoms with Gasteiger partial charge >= 0.3 is 0 Å². The smallest absolute Gasteiger partial charge is 0.226 e. The van der Waals surface area contributed by atoms with Crippen molar-refractivity contribution in [3.05, 3.63) is 77.7 Å². The minimum absolute atomic E-state index is 0.553. The second kappa shape index (κ2) is 10.8. The highest BCUT2D eigenvalue weighted by atomic mass is 16.3. The maximum absolute atomic E-state index is 5.62. The minimum atomic E-state index is 0.553. The van der Waals surface area contributed by atoms with Crippen LogP contribution >= 0.6 is 0 Å². The lowest BCUT2D eigenvalue weighted by Crippen LogP contribution is -2.36. The zero-order chi connectivity index (χ0) is 21.3.